The van der Waals surface area contributed by atoms with Crippen LogP contribution in [0.4, 0.5) is 0 Å². The molecule has 20 heavy (non-hydrogen) atoms. The van der Waals surface area contributed by atoms with Crippen LogP contribution in [0.15, 0.2) is 6.07 Å². The Balaban J connectivity index is 2.02. The SMILES string of the molecule is CNCCC[C@H](C)COc1nc(Cl)nc2[nH]c(C)cc12. The molecule has 2 aromatic heterocycles. The monoisotopic (exact) mass is 296 g/mol. The molecule has 1 atom stereocenters. The van der Waals surface area contributed by atoms with Crippen LogP contribution in [0.3, 0.4) is 0 Å². The zero-order chi connectivity index (χ0) is 14.5. The van der Waals surface area contributed by atoms with E-state index in [2.05, 4.69) is 27.2 Å². The minimum atomic E-state index is 0.206. The molecule has 0 saturated heterocycles. The van der Waals surface area contributed by atoms with E-state index in [1.165, 1.54) is 0 Å². The number of aromatic nitrogens is 3. The maximum atomic E-state index is 5.92. The Hall–Kier alpha value is -1.33. The summed E-state index contributed by atoms with van der Waals surface area (Å²) in [5, 5.41) is 4.24. The van der Waals surface area contributed by atoms with Gasteiger partial charge >= 0.3 is 0 Å². The quantitative estimate of drug-likeness (QED) is 0.609. The van der Waals surface area contributed by atoms with Gasteiger partial charge in [-0.25, -0.2) is 0 Å². The van der Waals surface area contributed by atoms with Crippen molar-refractivity contribution in [3.8, 4) is 5.88 Å². The van der Waals surface area contributed by atoms with E-state index in [-0.39, 0.29) is 5.28 Å². The number of nitrogens with one attached hydrogen (secondary N) is 2. The van der Waals surface area contributed by atoms with Crippen molar-refractivity contribution in [1.29, 1.82) is 0 Å². The molecule has 5 nitrogen and oxygen atoms in total. The van der Waals surface area contributed by atoms with Gasteiger partial charge in [-0.3, -0.25) is 0 Å². The molecular weight excluding hydrogens is 276 g/mol. The molecule has 110 valence electrons. The maximum Gasteiger partial charge on any atom is 0.227 e. The first-order valence-electron chi connectivity index (χ1n) is 6.90. The van der Waals surface area contributed by atoms with Crippen LogP contribution in [0.25, 0.3) is 11.0 Å². The number of nitrogens with zero attached hydrogens (tertiary/aromatic N) is 2. The number of rotatable bonds is 7. The van der Waals surface area contributed by atoms with E-state index >= 15 is 0 Å². The Morgan fingerprint density at radius 3 is 3.00 bits per heavy atom. The number of hydrogen-bond acceptors (Lipinski definition) is 4. The zero-order valence-corrected chi connectivity index (χ0v) is 12.9. The fourth-order valence-electron chi connectivity index (χ4n) is 2.13. The fourth-order valence-corrected chi connectivity index (χ4v) is 2.29. The third kappa shape index (κ3) is 3.84. The predicted molar refractivity (Wildman–Crippen MR) is 81.5 cm³/mol. The normalized spacial score (nSPS) is 12.8. The highest BCUT2D eigenvalue weighted by Crippen LogP contribution is 2.25. The van der Waals surface area contributed by atoms with Crippen LogP contribution in [-0.4, -0.2) is 35.2 Å². The summed E-state index contributed by atoms with van der Waals surface area (Å²) in [6, 6.07) is 1.98. The van der Waals surface area contributed by atoms with Gasteiger partial charge in [-0.15, -0.1) is 0 Å². The van der Waals surface area contributed by atoms with Crippen molar-refractivity contribution in [2.75, 3.05) is 20.2 Å². The van der Waals surface area contributed by atoms with Gasteiger partial charge in [-0.2, -0.15) is 9.97 Å². The number of ether oxygens (including phenoxy) is 1. The summed E-state index contributed by atoms with van der Waals surface area (Å²) in [6.45, 7) is 5.82. The molecule has 0 spiro atoms. The van der Waals surface area contributed by atoms with Crippen LogP contribution in [-0.2, 0) is 0 Å². The summed E-state index contributed by atoms with van der Waals surface area (Å²) in [4.78, 5) is 11.5. The molecule has 0 fully saturated rings. The van der Waals surface area contributed by atoms with Gasteiger partial charge in [0, 0.05) is 5.69 Å². The molecule has 6 heteroatoms. The molecule has 0 aromatic carbocycles. The fraction of sp³-hybridized carbons (Fsp3) is 0.571. The largest absolute Gasteiger partial charge is 0.477 e. The second-order valence-electron chi connectivity index (χ2n) is 5.17. The first kappa shape index (κ1) is 15.1. The molecule has 2 rings (SSSR count). The molecule has 0 radical (unpaired) electrons. The molecule has 0 aliphatic carbocycles. The van der Waals surface area contributed by atoms with E-state index < -0.39 is 0 Å². The Morgan fingerprint density at radius 1 is 1.45 bits per heavy atom. The topological polar surface area (TPSA) is 62.8 Å². The lowest BCUT2D eigenvalue weighted by Crippen LogP contribution is -2.13. The first-order chi connectivity index (χ1) is 9.60. The summed E-state index contributed by atoms with van der Waals surface area (Å²) < 4.78 is 5.83. The maximum absolute atomic E-state index is 5.92. The van der Waals surface area contributed by atoms with E-state index in [4.69, 9.17) is 16.3 Å². The number of fused-ring (bicyclic) bond motifs is 1. The Kier molecular flexibility index (Phi) is 5.20. The minimum Gasteiger partial charge on any atom is -0.477 e. The summed E-state index contributed by atoms with van der Waals surface area (Å²) in [7, 11) is 1.97. The van der Waals surface area contributed by atoms with Gasteiger partial charge in [0.2, 0.25) is 11.2 Å². The van der Waals surface area contributed by atoms with Crippen LogP contribution in [0, 0.1) is 12.8 Å². The molecule has 2 heterocycles. The highest BCUT2D eigenvalue weighted by Gasteiger charge is 2.12. The number of halogens is 1. The van der Waals surface area contributed by atoms with Crippen LogP contribution < -0.4 is 10.1 Å². The van der Waals surface area contributed by atoms with Crippen molar-refractivity contribution in [3.05, 3.63) is 17.0 Å². The highest BCUT2D eigenvalue weighted by molar-refractivity contribution is 6.28. The lowest BCUT2D eigenvalue weighted by atomic mass is 10.1. The predicted octanol–water partition coefficient (Wildman–Crippen LogP) is 2.93. The number of H-pyrrole nitrogens is 1. The smallest absolute Gasteiger partial charge is 0.227 e. The Bertz CT molecular complexity index is 570. The van der Waals surface area contributed by atoms with Crippen molar-refractivity contribution in [2.45, 2.75) is 26.7 Å². The number of aromatic amines is 1. The second-order valence-corrected chi connectivity index (χ2v) is 5.51. The molecule has 0 saturated carbocycles. The molecule has 0 bridgehead atoms. The van der Waals surface area contributed by atoms with E-state index in [1.54, 1.807) is 0 Å². The van der Waals surface area contributed by atoms with Crippen molar-refractivity contribution in [2.24, 2.45) is 5.92 Å². The zero-order valence-electron chi connectivity index (χ0n) is 12.2. The number of hydrogen-bond donors (Lipinski definition) is 2. The van der Waals surface area contributed by atoms with Gasteiger partial charge in [0.15, 0.2) is 0 Å². The average molecular weight is 297 g/mol. The lowest BCUT2D eigenvalue weighted by molar-refractivity contribution is 0.244. The van der Waals surface area contributed by atoms with Crippen molar-refractivity contribution in [1.82, 2.24) is 20.3 Å². The van der Waals surface area contributed by atoms with Gasteiger partial charge in [-0.1, -0.05) is 6.92 Å². The van der Waals surface area contributed by atoms with Gasteiger partial charge in [0.05, 0.1) is 12.0 Å². The highest BCUT2D eigenvalue weighted by atomic mass is 35.5. The molecule has 0 unspecified atom stereocenters. The second kappa shape index (κ2) is 6.90. The van der Waals surface area contributed by atoms with Crippen molar-refractivity contribution < 1.29 is 4.74 Å². The molecule has 2 N–H and O–H groups in total. The Morgan fingerprint density at radius 2 is 2.25 bits per heavy atom. The summed E-state index contributed by atoms with van der Waals surface area (Å²) in [5.41, 5.74) is 1.74. The third-order valence-corrected chi connectivity index (χ3v) is 3.36. The first-order valence-corrected chi connectivity index (χ1v) is 7.28. The van der Waals surface area contributed by atoms with Gasteiger partial charge < -0.3 is 15.0 Å². The summed E-state index contributed by atoms with van der Waals surface area (Å²) >= 11 is 5.92. The Labute approximate surface area is 124 Å². The molecular formula is C14H21ClN4O. The minimum absolute atomic E-state index is 0.206. The van der Waals surface area contributed by atoms with Crippen LogP contribution >= 0.6 is 11.6 Å². The standard InChI is InChI=1S/C14H21ClN4O/c1-9(5-4-6-16-3)8-20-13-11-7-10(2)17-12(11)18-14(15)19-13/h7,9,16H,4-6,8H2,1-3H3,(H,17,18,19)/t9-/m0/s1. The van der Waals surface area contributed by atoms with Gasteiger partial charge in [-0.05, 0) is 56.9 Å². The summed E-state index contributed by atoms with van der Waals surface area (Å²) in [6.07, 6.45) is 2.26. The average Bonchev–Trinajstić information content (AvgIpc) is 2.76. The number of aryl methyl sites for hydroxylation is 1. The van der Waals surface area contributed by atoms with Crippen molar-refractivity contribution in [3.63, 3.8) is 0 Å². The lowest BCUT2D eigenvalue weighted by Gasteiger charge is -2.12. The molecule has 2 aromatic rings. The summed E-state index contributed by atoms with van der Waals surface area (Å²) in [5.74, 6) is 1.04. The van der Waals surface area contributed by atoms with Crippen molar-refractivity contribution >= 4 is 22.6 Å². The van der Waals surface area contributed by atoms with Gasteiger partial charge in [0.25, 0.3) is 0 Å². The van der Waals surface area contributed by atoms with E-state index in [0.29, 0.717) is 18.4 Å². The van der Waals surface area contributed by atoms with E-state index in [1.807, 2.05) is 20.0 Å². The van der Waals surface area contributed by atoms with Crippen LogP contribution in [0.1, 0.15) is 25.5 Å². The molecule has 0 aliphatic heterocycles. The third-order valence-electron chi connectivity index (χ3n) is 3.19. The van der Waals surface area contributed by atoms with E-state index in [0.717, 1.165) is 36.1 Å². The molecule has 0 amide bonds. The molecule has 0 aliphatic rings. The van der Waals surface area contributed by atoms with Gasteiger partial charge in [0.1, 0.15) is 5.65 Å². The van der Waals surface area contributed by atoms with Crippen LogP contribution in [0.5, 0.6) is 5.88 Å². The van der Waals surface area contributed by atoms with Crippen LogP contribution in [0.2, 0.25) is 5.28 Å². The van der Waals surface area contributed by atoms with E-state index in [9.17, 15) is 0 Å².